The summed E-state index contributed by atoms with van der Waals surface area (Å²) in [6.07, 6.45) is 14.9. The molecule has 0 aliphatic rings. The molecule has 3 nitrogen and oxygen atoms in total. The summed E-state index contributed by atoms with van der Waals surface area (Å²) in [7, 11) is 0. The number of carbonyl (C=O) groups excluding carboxylic acids is 1. The van der Waals surface area contributed by atoms with Gasteiger partial charge in [-0.25, -0.2) is 0 Å². The van der Waals surface area contributed by atoms with E-state index in [9.17, 15) is 4.79 Å². The molecule has 0 aliphatic heterocycles. The highest BCUT2D eigenvalue weighted by Crippen LogP contribution is 2.23. The van der Waals surface area contributed by atoms with Gasteiger partial charge in [-0.15, -0.1) is 11.3 Å². The predicted octanol–water partition coefficient (Wildman–Crippen LogP) is 7.60. The van der Waals surface area contributed by atoms with E-state index in [0.29, 0.717) is 6.42 Å². The van der Waals surface area contributed by atoms with Crippen LogP contribution in [0.4, 0.5) is 5.69 Å². The van der Waals surface area contributed by atoms with Crippen molar-refractivity contribution in [3.63, 3.8) is 0 Å². The molecule has 2 N–H and O–H groups in total. The maximum atomic E-state index is 12.1. The van der Waals surface area contributed by atoms with Crippen LogP contribution < -0.4 is 5.32 Å². The summed E-state index contributed by atoms with van der Waals surface area (Å²) in [4.78, 5) is 15.2. The third-order valence-electron chi connectivity index (χ3n) is 4.71. The Labute approximate surface area is 166 Å². The maximum absolute atomic E-state index is 12.1. The van der Waals surface area contributed by atoms with E-state index >= 15 is 0 Å². The van der Waals surface area contributed by atoms with Crippen LogP contribution in [-0.4, -0.2) is 10.9 Å². The average Bonchev–Trinajstić information content (AvgIpc) is 2.99. The van der Waals surface area contributed by atoms with E-state index in [-0.39, 0.29) is 5.91 Å². The van der Waals surface area contributed by atoms with Crippen LogP contribution in [0.3, 0.4) is 0 Å². The van der Waals surface area contributed by atoms with E-state index in [1.54, 1.807) is 0 Å². The number of unbranched alkanes of at least 4 members (excludes halogenated alkanes) is 10. The first-order valence-electron chi connectivity index (χ1n) is 10.1. The van der Waals surface area contributed by atoms with Crippen molar-refractivity contribution in [2.24, 2.45) is 0 Å². The number of thiazole rings is 1. The number of rotatable bonds is 13. The van der Waals surface area contributed by atoms with Gasteiger partial charge >= 0.3 is 0 Å². The minimum Gasteiger partial charge on any atom is -0.337 e. The number of amides is 1. The van der Waals surface area contributed by atoms with Crippen molar-refractivity contribution in [1.29, 1.82) is 0 Å². The molecule has 1 aromatic carbocycles. The van der Waals surface area contributed by atoms with Crippen molar-refractivity contribution in [3.05, 3.63) is 22.2 Å². The number of hydrogen-bond donors (Lipinski definition) is 2. The lowest BCUT2D eigenvalue weighted by Gasteiger charge is -2.05. The van der Waals surface area contributed by atoms with Gasteiger partial charge in [0.15, 0.2) is 3.95 Å². The Balaban J connectivity index is 1.51. The number of nitrogens with one attached hydrogen (secondary N) is 2. The van der Waals surface area contributed by atoms with Crippen LogP contribution in [0.5, 0.6) is 0 Å². The molecule has 0 unspecified atom stereocenters. The SMILES string of the molecule is CCCCCCCCCCCCCC(=O)Nc1ccc2[nH]c(=S)sc2c1. The van der Waals surface area contributed by atoms with Gasteiger partial charge in [-0.3, -0.25) is 4.79 Å². The minimum atomic E-state index is 0.111. The van der Waals surface area contributed by atoms with Gasteiger partial charge in [0.1, 0.15) is 0 Å². The Morgan fingerprint density at radius 1 is 1.00 bits per heavy atom. The van der Waals surface area contributed by atoms with E-state index < -0.39 is 0 Å². The quantitative estimate of drug-likeness (QED) is 0.272. The topological polar surface area (TPSA) is 44.9 Å². The summed E-state index contributed by atoms with van der Waals surface area (Å²) in [6.45, 7) is 2.26. The van der Waals surface area contributed by atoms with Crippen LogP contribution in [0, 0.1) is 3.95 Å². The van der Waals surface area contributed by atoms with E-state index in [2.05, 4.69) is 17.2 Å². The first kappa shape index (κ1) is 21.1. The maximum Gasteiger partial charge on any atom is 0.224 e. The molecule has 1 aromatic heterocycles. The van der Waals surface area contributed by atoms with Crippen molar-refractivity contribution in [1.82, 2.24) is 4.98 Å². The molecule has 0 atom stereocenters. The highest BCUT2D eigenvalue weighted by Gasteiger charge is 2.04. The lowest BCUT2D eigenvalue weighted by atomic mass is 10.1. The number of benzene rings is 1. The summed E-state index contributed by atoms with van der Waals surface area (Å²) in [6, 6.07) is 5.89. The number of fused-ring (bicyclic) bond motifs is 1. The molecule has 0 saturated heterocycles. The van der Waals surface area contributed by atoms with Gasteiger partial charge in [0.25, 0.3) is 0 Å². The summed E-state index contributed by atoms with van der Waals surface area (Å²) in [5, 5.41) is 3.00. The first-order valence-corrected chi connectivity index (χ1v) is 11.3. The first-order chi connectivity index (χ1) is 12.7. The highest BCUT2D eigenvalue weighted by molar-refractivity contribution is 7.73. The normalized spacial score (nSPS) is 11.1. The van der Waals surface area contributed by atoms with Crippen LogP contribution in [0.25, 0.3) is 10.2 Å². The van der Waals surface area contributed by atoms with Gasteiger partial charge < -0.3 is 10.3 Å². The second-order valence-electron chi connectivity index (χ2n) is 7.06. The van der Waals surface area contributed by atoms with E-state index in [4.69, 9.17) is 12.2 Å². The smallest absolute Gasteiger partial charge is 0.224 e. The molecule has 0 spiro atoms. The van der Waals surface area contributed by atoms with Gasteiger partial charge in [0, 0.05) is 12.1 Å². The van der Waals surface area contributed by atoms with Gasteiger partial charge in [0.2, 0.25) is 5.91 Å². The Hall–Kier alpha value is -1.20. The Morgan fingerprint density at radius 3 is 2.27 bits per heavy atom. The second kappa shape index (κ2) is 12.2. The van der Waals surface area contributed by atoms with Crippen molar-refractivity contribution >= 4 is 45.4 Å². The predicted molar refractivity (Wildman–Crippen MR) is 117 cm³/mol. The molecular weight excluding hydrogens is 360 g/mol. The van der Waals surface area contributed by atoms with Gasteiger partial charge in [0.05, 0.1) is 10.2 Å². The molecule has 0 fully saturated rings. The third kappa shape index (κ3) is 8.00. The molecule has 1 amide bonds. The highest BCUT2D eigenvalue weighted by atomic mass is 32.1. The fraction of sp³-hybridized carbons (Fsp3) is 0.619. The summed E-state index contributed by atoms with van der Waals surface area (Å²) in [5.74, 6) is 0.111. The van der Waals surface area contributed by atoms with Crippen LogP contribution in [-0.2, 0) is 4.79 Å². The van der Waals surface area contributed by atoms with Crippen LogP contribution in [0.2, 0.25) is 0 Å². The fourth-order valence-corrected chi connectivity index (χ4v) is 4.35. The van der Waals surface area contributed by atoms with Crippen molar-refractivity contribution in [3.8, 4) is 0 Å². The van der Waals surface area contributed by atoms with Crippen molar-refractivity contribution < 1.29 is 4.79 Å². The Kier molecular flexibility index (Phi) is 9.93. The van der Waals surface area contributed by atoms with Crippen LogP contribution in [0.1, 0.15) is 84.0 Å². The van der Waals surface area contributed by atoms with Crippen molar-refractivity contribution in [2.45, 2.75) is 84.0 Å². The second-order valence-corrected chi connectivity index (χ2v) is 8.78. The average molecular weight is 393 g/mol. The minimum absolute atomic E-state index is 0.111. The zero-order valence-electron chi connectivity index (χ0n) is 15.9. The lowest BCUT2D eigenvalue weighted by molar-refractivity contribution is -0.116. The number of hydrogen-bond acceptors (Lipinski definition) is 3. The van der Waals surface area contributed by atoms with Gasteiger partial charge in [-0.1, -0.05) is 71.1 Å². The molecule has 26 heavy (non-hydrogen) atoms. The van der Waals surface area contributed by atoms with Crippen molar-refractivity contribution in [2.75, 3.05) is 5.32 Å². The summed E-state index contributed by atoms with van der Waals surface area (Å²) < 4.78 is 1.85. The van der Waals surface area contributed by atoms with Gasteiger partial charge in [-0.2, -0.15) is 0 Å². The summed E-state index contributed by atoms with van der Waals surface area (Å²) >= 11 is 6.69. The number of carbonyl (C=O) groups is 1. The molecule has 144 valence electrons. The monoisotopic (exact) mass is 392 g/mol. The molecule has 2 rings (SSSR count). The van der Waals surface area contributed by atoms with E-state index in [1.165, 1.54) is 69.1 Å². The molecule has 5 heteroatoms. The fourth-order valence-electron chi connectivity index (χ4n) is 3.20. The van der Waals surface area contributed by atoms with Crippen LogP contribution >= 0.6 is 23.6 Å². The molecule has 0 saturated carbocycles. The Morgan fingerprint density at radius 2 is 1.62 bits per heavy atom. The standard InChI is InChI=1S/C21H32N2OS2/c1-2-3-4-5-6-7-8-9-10-11-12-13-20(24)22-17-14-15-18-19(16-17)26-21(25)23-18/h14-16H,2-13H2,1H3,(H,22,24)(H,23,25). The Bertz CT molecular complexity index is 720. The lowest BCUT2D eigenvalue weighted by Crippen LogP contribution is -2.10. The zero-order valence-corrected chi connectivity index (χ0v) is 17.6. The number of anilines is 1. The summed E-state index contributed by atoms with van der Waals surface area (Å²) in [5.41, 5.74) is 1.89. The number of aromatic amines is 1. The van der Waals surface area contributed by atoms with E-state index in [0.717, 1.165) is 32.7 Å². The van der Waals surface area contributed by atoms with E-state index in [1.807, 2.05) is 18.2 Å². The number of H-pyrrole nitrogens is 1. The van der Waals surface area contributed by atoms with Gasteiger partial charge in [-0.05, 0) is 36.8 Å². The molecule has 1 heterocycles. The molecule has 0 radical (unpaired) electrons. The third-order valence-corrected chi connectivity index (χ3v) is 5.91. The molecule has 2 aromatic rings. The molecule has 0 aliphatic carbocycles. The largest absolute Gasteiger partial charge is 0.337 e. The molecule has 0 bridgehead atoms. The molecular formula is C21H32N2OS2. The number of aromatic nitrogens is 1. The zero-order chi connectivity index (χ0) is 18.6. The van der Waals surface area contributed by atoms with Crippen LogP contribution in [0.15, 0.2) is 18.2 Å².